The Bertz CT molecular complexity index is 680. The third-order valence-electron chi connectivity index (χ3n) is 4.23. The van der Waals surface area contributed by atoms with Crippen LogP contribution in [0.2, 0.25) is 0 Å². The van der Waals surface area contributed by atoms with E-state index in [1.807, 2.05) is 6.92 Å². The van der Waals surface area contributed by atoms with Crippen molar-refractivity contribution in [3.8, 4) is 0 Å². The van der Waals surface area contributed by atoms with Crippen LogP contribution in [0.5, 0.6) is 0 Å². The van der Waals surface area contributed by atoms with Gasteiger partial charge in [-0.1, -0.05) is 6.92 Å². The summed E-state index contributed by atoms with van der Waals surface area (Å²) in [7, 11) is 1.79. The zero-order valence-corrected chi connectivity index (χ0v) is 11.9. The maximum Gasteiger partial charge on any atom is 0.279 e. The van der Waals surface area contributed by atoms with Gasteiger partial charge in [0.1, 0.15) is 5.52 Å². The van der Waals surface area contributed by atoms with Gasteiger partial charge in [0, 0.05) is 13.1 Å². The second kappa shape index (κ2) is 5.01. The Hall–Kier alpha value is -1.69. The van der Waals surface area contributed by atoms with Crippen LogP contribution < -0.4 is 5.56 Å². The van der Waals surface area contributed by atoms with Gasteiger partial charge in [0.05, 0.1) is 18.1 Å². The summed E-state index contributed by atoms with van der Waals surface area (Å²) in [6, 6.07) is 0.141. The first-order valence-electron chi connectivity index (χ1n) is 7.22. The summed E-state index contributed by atoms with van der Waals surface area (Å²) in [5.74, 6) is 0. The molecule has 2 aromatic heterocycles. The first kappa shape index (κ1) is 13.3. The predicted molar refractivity (Wildman–Crippen MR) is 75.7 cm³/mol. The molecule has 0 atom stereocenters. The highest BCUT2D eigenvalue weighted by atomic mass is 16.3. The van der Waals surface area contributed by atoms with Crippen molar-refractivity contribution >= 4 is 11.0 Å². The minimum absolute atomic E-state index is 0.0221. The topological polar surface area (TPSA) is 72.9 Å². The zero-order valence-electron chi connectivity index (χ0n) is 11.9. The second-order valence-electron chi connectivity index (χ2n) is 5.54. The Kier molecular flexibility index (Phi) is 3.33. The van der Waals surface area contributed by atoms with E-state index in [9.17, 15) is 9.90 Å². The number of aromatic nitrogens is 4. The molecule has 2 aromatic rings. The summed E-state index contributed by atoms with van der Waals surface area (Å²) in [6.45, 7) is 2.01. The summed E-state index contributed by atoms with van der Waals surface area (Å²) in [6.07, 6.45) is 5.35. The number of aliphatic hydroxyl groups excluding tert-OH is 1. The van der Waals surface area contributed by atoms with Crippen molar-refractivity contribution in [3.05, 3.63) is 22.4 Å². The van der Waals surface area contributed by atoms with E-state index in [-0.39, 0.29) is 17.7 Å². The molecular weight excluding hydrogens is 256 g/mol. The molecule has 0 unspecified atom stereocenters. The minimum atomic E-state index is -0.220. The third-order valence-corrected chi connectivity index (χ3v) is 4.23. The van der Waals surface area contributed by atoms with E-state index in [1.54, 1.807) is 22.6 Å². The molecule has 1 fully saturated rings. The smallest absolute Gasteiger partial charge is 0.279 e. The molecule has 0 radical (unpaired) electrons. The molecule has 0 aliphatic heterocycles. The fraction of sp³-hybridized carbons (Fsp3) is 0.643. The Labute approximate surface area is 117 Å². The first-order valence-corrected chi connectivity index (χ1v) is 7.22. The highest BCUT2D eigenvalue weighted by molar-refractivity contribution is 5.76. The van der Waals surface area contributed by atoms with Crippen LogP contribution in [0.25, 0.3) is 11.0 Å². The molecule has 20 heavy (non-hydrogen) atoms. The predicted octanol–water partition coefficient (Wildman–Crippen LogP) is 1.17. The van der Waals surface area contributed by atoms with Crippen molar-refractivity contribution in [3.63, 3.8) is 0 Å². The third kappa shape index (κ3) is 2.04. The normalized spacial score (nSPS) is 23.4. The summed E-state index contributed by atoms with van der Waals surface area (Å²) in [4.78, 5) is 17.1. The van der Waals surface area contributed by atoms with Gasteiger partial charge in [-0.05, 0) is 32.1 Å². The van der Waals surface area contributed by atoms with Crippen molar-refractivity contribution in [1.82, 2.24) is 19.3 Å². The van der Waals surface area contributed by atoms with Gasteiger partial charge in [0.15, 0.2) is 5.52 Å². The van der Waals surface area contributed by atoms with E-state index >= 15 is 0 Å². The average molecular weight is 276 g/mol. The summed E-state index contributed by atoms with van der Waals surface area (Å²) >= 11 is 0. The van der Waals surface area contributed by atoms with Crippen molar-refractivity contribution in [1.29, 1.82) is 0 Å². The van der Waals surface area contributed by atoms with Gasteiger partial charge in [-0.25, -0.2) is 4.98 Å². The first-order chi connectivity index (χ1) is 9.61. The number of hydrogen-bond acceptors (Lipinski definition) is 4. The molecule has 1 N–H and O–H groups in total. The van der Waals surface area contributed by atoms with Gasteiger partial charge < -0.3 is 5.11 Å². The SMILES string of the molecule is CCc1nn(C)c2c(=O)n(C3CCC(O)CC3)cnc12. The number of nitrogens with zero attached hydrogens (tertiary/aromatic N) is 4. The molecule has 0 bridgehead atoms. The average Bonchev–Trinajstić information content (AvgIpc) is 2.78. The second-order valence-corrected chi connectivity index (χ2v) is 5.54. The van der Waals surface area contributed by atoms with Crippen molar-refractivity contribution < 1.29 is 5.11 Å². The standard InChI is InChI=1S/C14H20N4O2/c1-3-11-12-13(17(2)16-11)14(20)18(8-15-12)9-4-6-10(19)7-5-9/h8-10,19H,3-7H2,1-2H3. The fourth-order valence-corrected chi connectivity index (χ4v) is 3.07. The van der Waals surface area contributed by atoms with E-state index in [2.05, 4.69) is 10.1 Å². The molecular formula is C14H20N4O2. The largest absolute Gasteiger partial charge is 0.393 e. The maximum absolute atomic E-state index is 12.7. The minimum Gasteiger partial charge on any atom is -0.393 e. The Morgan fingerprint density at radius 3 is 2.70 bits per heavy atom. The molecule has 2 heterocycles. The molecule has 6 nitrogen and oxygen atoms in total. The van der Waals surface area contributed by atoms with E-state index in [0.29, 0.717) is 11.0 Å². The molecule has 1 aliphatic carbocycles. The highest BCUT2D eigenvalue weighted by Crippen LogP contribution is 2.27. The number of aliphatic hydroxyl groups is 1. The van der Waals surface area contributed by atoms with E-state index < -0.39 is 0 Å². The van der Waals surface area contributed by atoms with Gasteiger partial charge in [0.25, 0.3) is 5.56 Å². The van der Waals surface area contributed by atoms with Crippen molar-refractivity contribution in [2.24, 2.45) is 7.05 Å². The lowest BCUT2D eigenvalue weighted by atomic mass is 9.93. The summed E-state index contributed by atoms with van der Waals surface area (Å²) < 4.78 is 3.35. The van der Waals surface area contributed by atoms with Gasteiger partial charge in [-0.3, -0.25) is 14.0 Å². The molecule has 108 valence electrons. The van der Waals surface area contributed by atoms with Gasteiger partial charge >= 0.3 is 0 Å². The molecule has 0 spiro atoms. The molecule has 0 saturated heterocycles. The molecule has 6 heteroatoms. The summed E-state index contributed by atoms with van der Waals surface area (Å²) in [5.41, 5.74) is 2.14. The monoisotopic (exact) mass is 276 g/mol. The number of fused-ring (bicyclic) bond motifs is 1. The van der Waals surface area contributed by atoms with Crippen molar-refractivity contribution in [2.45, 2.75) is 51.2 Å². The fourth-order valence-electron chi connectivity index (χ4n) is 3.07. The van der Waals surface area contributed by atoms with Crippen LogP contribution in [-0.4, -0.2) is 30.5 Å². The Balaban J connectivity index is 2.07. The van der Waals surface area contributed by atoms with E-state index in [0.717, 1.165) is 37.8 Å². The number of aryl methyl sites for hydroxylation is 2. The van der Waals surface area contributed by atoms with Crippen LogP contribution in [-0.2, 0) is 13.5 Å². The van der Waals surface area contributed by atoms with Gasteiger partial charge in [-0.2, -0.15) is 5.10 Å². The van der Waals surface area contributed by atoms with Gasteiger partial charge in [-0.15, -0.1) is 0 Å². The molecule has 3 rings (SSSR count). The lowest BCUT2D eigenvalue weighted by molar-refractivity contribution is 0.110. The maximum atomic E-state index is 12.7. The Morgan fingerprint density at radius 1 is 1.35 bits per heavy atom. The number of rotatable bonds is 2. The Morgan fingerprint density at radius 2 is 2.05 bits per heavy atom. The molecule has 1 saturated carbocycles. The highest BCUT2D eigenvalue weighted by Gasteiger charge is 2.23. The molecule has 0 amide bonds. The van der Waals surface area contributed by atoms with Crippen LogP contribution in [0.4, 0.5) is 0 Å². The van der Waals surface area contributed by atoms with Crippen LogP contribution in [0.15, 0.2) is 11.1 Å². The quantitative estimate of drug-likeness (QED) is 0.893. The van der Waals surface area contributed by atoms with Gasteiger partial charge in [0.2, 0.25) is 0 Å². The van der Waals surface area contributed by atoms with E-state index in [4.69, 9.17) is 0 Å². The molecule has 0 aromatic carbocycles. The van der Waals surface area contributed by atoms with E-state index in [1.165, 1.54) is 0 Å². The van der Waals surface area contributed by atoms with Crippen LogP contribution >= 0.6 is 0 Å². The zero-order chi connectivity index (χ0) is 14.3. The van der Waals surface area contributed by atoms with Crippen molar-refractivity contribution in [2.75, 3.05) is 0 Å². The van der Waals surface area contributed by atoms with Crippen LogP contribution in [0.3, 0.4) is 0 Å². The lowest BCUT2D eigenvalue weighted by Gasteiger charge is -2.26. The lowest BCUT2D eigenvalue weighted by Crippen LogP contribution is -2.30. The summed E-state index contributed by atoms with van der Waals surface area (Å²) in [5, 5.41) is 13.9. The molecule has 1 aliphatic rings. The van der Waals surface area contributed by atoms with Crippen LogP contribution in [0, 0.1) is 0 Å². The van der Waals surface area contributed by atoms with Crippen LogP contribution in [0.1, 0.15) is 44.3 Å². The number of hydrogen-bond donors (Lipinski definition) is 1.